The molecule has 0 aliphatic carbocycles. The molecule has 0 saturated heterocycles. The summed E-state index contributed by atoms with van der Waals surface area (Å²) in [5.74, 6) is 0.994. The molecule has 0 fully saturated rings. The molecule has 11 heteroatoms. The van der Waals surface area contributed by atoms with Gasteiger partial charge in [0, 0.05) is 5.92 Å². The number of anilines is 1. The van der Waals surface area contributed by atoms with E-state index in [1.165, 1.54) is 23.1 Å². The van der Waals surface area contributed by atoms with Gasteiger partial charge in [-0.05, 0) is 34.7 Å². The summed E-state index contributed by atoms with van der Waals surface area (Å²) in [6.07, 6.45) is 0. The average Bonchev–Trinajstić information content (AvgIpc) is 3.29. The molecule has 1 N–H and O–H groups in total. The third-order valence-electron chi connectivity index (χ3n) is 3.27. The summed E-state index contributed by atoms with van der Waals surface area (Å²) in [7, 11) is 1.61. The molecule has 3 rings (SSSR count). The van der Waals surface area contributed by atoms with Crippen molar-refractivity contribution in [3.63, 3.8) is 0 Å². The number of carbonyl (C=O) groups excluding carboxylic acids is 1. The fraction of sp³-hybridized carbons (Fsp3) is 0.333. The Morgan fingerprint density at radius 2 is 2.04 bits per heavy atom. The van der Waals surface area contributed by atoms with E-state index in [0.29, 0.717) is 10.3 Å². The van der Waals surface area contributed by atoms with E-state index in [4.69, 9.17) is 4.74 Å². The molecule has 2 aromatic heterocycles. The van der Waals surface area contributed by atoms with E-state index in [9.17, 15) is 4.79 Å². The second-order valence-corrected chi connectivity index (χ2v) is 7.46. The fourth-order valence-electron chi connectivity index (χ4n) is 1.96. The van der Waals surface area contributed by atoms with Gasteiger partial charge in [0.1, 0.15) is 10.8 Å². The molecule has 1 aromatic carbocycles. The molecule has 1 amide bonds. The highest BCUT2D eigenvalue weighted by molar-refractivity contribution is 7.99. The summed E-state index contributed by atoms with van der Waals surface area (Å²) in [6, 6.07) is 7.32. The number of rotatable bonds is 7. The molecule has 0 aliphatic heterocycles. The maximum atomic E-state index is 12.1. The Balaban J connectivity index is 1.61. The predicted octanol–water partition coefficient (Wildman–Crippen LogP) is 2.38. The van der Waals surface area contributed by atoms with Gasteiger partial charge in [-0.15, -0.1) is 15.3 Å². The number of carbonyl (C=O) groups is 1. The molecule has 3 aromatic rings. The number of tetrazole rings is 1. The van der Waals surface area contributed by atoms with E-state index in [1.807, 2.05) is 38.1 Å². The highest BCUT2D eigenvalue weighted by Crippen LogP contribution is 2.23. The number of hydrogen-bond donors (Lipinski definition) is 1. The molecule has 0 radical (unpaired) electrons. The van der Waals surface area contributed by atoms with Gasteiger partial charge >= 0.3 is 0 Å². The molecule has 26 heavy (non-hydrogen) atoms. The third kappa shape index (κ3) is 4.35. The number of ether oxygens (including phenoxy) is 1. The highest BCUT2D eigenvalue weighted by Gasteiger charge is 2.14. The number of methoxy groups -OCH3 is 1. The largest absolute Gasteiger partial charge is 0.497 e. The lowest BCUT2D eigenvalue weighted by atomic mass is 10.2. The Kier molecular flexibility index (Phi) is 5.78. The van der Waals surface area contributed by atoms with Crippen molar-refractivity contribution in [2.45, 2.75) is 24.9 Å². The summed E-state index contributed by atoms with van der Waals surface area (Å²) in [5.41, 5.74) is 0.782. The van der Waals surface area contributed by atoms with Crippen LogP contribution in [-0.2, 0) is 4.79 Å². The van der Waals surface area contributed by atoms with Crippen molar-refractivity contribution in [1.29, 1.82) is 0 Å². The van der Waals surface area contributed by atoms with Crippen molar-refractivity contribution in [2.75, 3.05) is 18.2 Å². The van der Waals surface area contributed by atoms with Gasteiger partial charge in [-0.1, -0.05) is 36.9 Å². The van der Waals surface area contributed by atoms with E-state index < -0.39 is 0 Å². The van der Waals surface area contributed by atoms with Crippen LogP contribution in [0.15, 0.2) is 29.4 Å². The van der Waals surface area contributed by atoms with E-state index in [-0.39, 0.29) is 17.6 Å². The lowest BCUT2D eigenvalue weighted by molar-refractivity contribution is -0.113. The molecule has 0 saturated carbocycles. The number of aromatic nitrogens is 6. The number of thioether (sulfide) groups is 1. The van der Waals surface area contributed by atoms with E-state index in [2.05, 4.69) is 31.0 Å². The van der Waals surface area contributed by atoms with Gasteiger partial charge in [0.2, 0.25) is 16.2 Å². The van der Waals surface area contributed by atoms with Crippen LogP contribution in [0.5, 0.6) is 5.75 Å². The monoisotopic (exact) mass is 391 g/mol. The predicted molar refractivity (Wildman–Crippen MR) is 99.1 cm³/mol. The number of nitrogens with zero attached hydrogens (tertiary/aromatic N) is 6. The second-order valence-electron chi connectivity index (χ2n) is 5.51. The topological polar surface area (TPSA) is 108 Å². The van der Waals surface area contributed by atoms with Gasteiger partial charge in [-0.25, -0.2) is 0 Å². The summed E-state index contributed by atoms with van der Waals surface area (Å²) in [4.78, 5) is 12.1. The van der Waals surface area contributed by atoms with Crippen LogP contribution in [0.4, 0.5) is 5.13 Å². The van der Waals surface area contributed by atoms with Crippen molar-refractivity contribution in [1.82, 2.24) is 30.4 Å². The van der Waals surface area contributed by atoms with Crippen LogP contribution in [0.3, 0.4) is 0 Å². The minimum absolute atomic E-state index is 0.160. The Labute approximate surface area is 158 Å². The summed E-state index contributed by atoms with van der Waals surface area (Å²) >= 11 is 2.61. The van der Waals surface area contributed by atoms with Gasteiger partial charge in [0.05, 0.1) is 18.6 Å². The average molecular weight is 391 g/mol. The van der Waals surface area contributed by atoms with Crippen LogP contribution in [0.2, 0.25) is 0 Å². The van der Waals surface area contributed by atoms with Gasteiger partial charge in [-0.3, -0.25) is 10.1 Å². The molecule has 9 nitrogen and oxygen atoms in total. The smallest absolute Gasteiger partial charge is 0.236 e. The summed E-state index contributed by atoms with van der Waals surface area (Å²) < 4.78 is 6.71. The van der Waals surface area contributed by atoms with Crippen LogP contribution in [-0.4, -0.2) is 49.2 Å². The highest BCUT2D eigenvalue weighted by atomic mass is 32.2. The number of amides is 1. The second kappa shape index (κ2) is 8.23. The number of benzene rings is 1. The third-order valence-corrected chi connectivity index (χ3v) is 5.33. The first-order valence-electron chi connectivity index (χ1n) is 7.75. The Bertz CT molecular complexity index is 876. The Morgan fingerprint density at radius 3 is 2.69 bits per heavy atom. The van der Waals surface area contributed by atoms with Crippen LogP contribution in [0.25, 0.3) is 5.69 Å². The summed E-state index contributed by atoms with van der Waals surface area (Å²) in [6.45, 7) is 4.06. The Hall–Kier alpha value is -2.53. The van der Waals surface area contributed by atoms with E-state index in [0.717, 1.165) is 16.4 Å². The molecule has 0 atom stereocenters. The number of nitrogens with one attached hydrogen (secondary N) is 1. The molecule has 136 valence electrons. The van der Waals surface area contributed by atoms with Crippen molar-refractivity contribution >= 4 is 34.1 Å². The first-order valence-corrected chi connectivity index (χ1v) is 9.56. The van der Waals surface area contributed by atoms with Gasteiger partial charge in [0.25, 0.3) is 0 Å². The maximum absolute atomic E-state index is 12.1. The number of hydrogen-bond acceptors (Lipinski definition) is 9. The molecule has 2 heterocycles. The fourth-order valence-corrected chi connectivity index (χ4v) is 3.41. The minimum atomic E-state index is -0.189. The lowest BCUT2D eigenvalue weighted by Gasteiger charge is -2.05. The standard InChI is InChI=1S/C15H17N7O2S2/c1-9(2)13-17-18-14(26-13)16-12(23)8-25-15-19-20-21-22(15)10-4-6-11(24-3)7-5-10/h4-7,9H,8H2,1-3H3,(H,16,18,23). The van der Waals surface area contributed by atoms with E-state index in [1.54, 1.807) is 11.8 Å². The molecule has 0 spiro atoms. The van der Waals surface area contributed by atoms with E-state index >= 15 is 0 Å². The normalized spacial score (nSPS) is 10.9. The minimum Gasteiger partial charge on any atom is -0.497 e. The van der Waals surface area contributed by atoms with Crippen molar-refractivity contribution in [3.8, 4) is 11.4 Å². The van der Waals surface area contributed by atoms with Crippen LogP contribution in [0.1, 0.15) is 24.8 Å². The zero-order chi connectivity index (χ0) is 18.5. The summed E-state index contributed by atoms with van der Waals surface area (Å²) in [5, 5.41) is 24.3. The molecule has 0 unspecified atom stereocenters. The van der Waals surface area contributed by atoms with Crippen LogP contribution in [0, 0.1) is 0 Å². The van der Waals surface area contributed by atoms with Gasteiger partial charge < -0.3 is 4.74 Å². The first-order chi connectivity index (χ1) is 12.6. The molecular formula is C15H17N7O2S2. The molecule has 0 aliphatic rings. The zero-order valence-corrected chi connectivity index (χ0v) is 16.0. The van der Waals surface area contributed by atoms with Gasteiger partial charge in [0.15, 0.2) is 0 Å². The first kappa shape index (κ1) is 18.3. The molecular weight excluding hydrogens is 374 g/mol. The maximum Gasteiger partial charge on any atom is 0.236 e. The quantitative estimate of drug-likeness (QED) is 0.612. The zero-order valence-electron chi connectivity index (χ0n) is 14.4. The van der Waals surface area contributed by atoms with Crippen LogP contribution >= 0.6 is 23.1 Å². The molecule has 0 bridgehead atoms. The van der Waals surface area contributed by atoms with Gasteiger partial charge in [-0.2, -0.15) is 4.68 Å². The van der Waals surface area contributed by atoms with Crippen molar-refractivity contribution in [2.24, 2.45) is 0 Å². The lowest BCUT2D eigenvalue weighted by Crippen LogP contribution is -2.14. The van der Waals surface area contributed by atoms with Crippen molar-refractivity contribution in [3.05, 3.63) is 29.3 Å². The van der Waals surface area contributed by atoms with Crippen molar-refractivity contribution < 1.29 is 9.53 Å². The SMILES string of the molecule is COc1ccc(-n2nnnc2SCC(=O)Nc2nnc(C(C)C)s2)cc1. The Morgan fingerprint density at radius 1 is 1.27 bits per heavy atom. The van der Waals surface area contributed by atoms with Crippen LogP contribution < -0.4 is 10.1 Å².